The quantitative estimate of drug-likeness (QED) is 0.276. The van der Waals surface area contributed by atoms with E-state index in [4.69, 9.17) is 19.0 Å². The van der Waals surface area contributed by atoms with E-state index in [2.05, 4.69) is 0 Å². The van der Waals surface area contributed by atoms with Gasteiger partial charge in [-0.1, -0.05) is 0 Å². The third-order valence-electron chi connectivity index (χ3n) is 4.91. The zero-order chi connectivity index (χ0) is 22.4. The van der Waals surface area contributed by atoms with E-state index < -0.39 is 59.6 Å². The Bertz CT molecular complexity index is 1200. The number of aliphatic hydroxyl groups is 3. The summed E-state index contributed by atoms with van der Waals surface area (Å²) in [5, 5.41) is 68.3. The molecule has 1 fully saturated rings. The van der Waals surface area contributed by atoms with Gasteiger partial charge >= 0.3 is 0 Å². The second-order valence-electron chi connectivity index (χ2n) is 6.95. The lowest BCUT2D eigenvalue weighted by Gasteiger charge is -2.17. The standard InChI is InChI=1S/C20H18O11/c21-6-13-15(25)18(28)20(31-13)29-8-4-11(24)14-12(5-8)30-19(17(27)16(14)26)7-1-2-9(22)10(23)3-7/h1-5,13,15,18,20-25,27-28H,6H2. The molecule has 0 aliphatic carbocycles. The van der Waals surface area contributed by atoms with Crippen LogP contribution in [0.4, 0.5) is 0 Å². The Morgan fingerprint density at radius 3 is 2.32 bits per heavy atom. The largest absolute Gasteiger partial charge is 0.507 e. The van der Waals surface area contributed by atoms with E-state index in [1.54, 1.807) is 0 Å². The molecule has 1 aliphatic rings. The number of hydrogen-bond acceptors (Lipinski definition) is 11. The Morgan fingerprint density at radius 2 is 1.68 bits per heavy atom. The van der Waals surface area contributed by atoms with Gasteiger partial charge in [-0.05, 0) is 18.2 Å². The molecule has 4 atom stereocenters. The molecule has 2 heterocycles. The highest BCUT2D eigenvalue weighted by Crippen LogP contribution is 2.38. The molecule has 4 unspecified atom stereocenters. The maximum Gasteiger partial charge on any atom is 0.238 e. The molecule has 164 valence electrons. The van der Waals surface area contributed by atoms with Crippen LogP contribution in [0.2, 0.25) is 0 Å². The Hall–Kier alpha value is -3.51. The number of aliphatic hydroxyl groups excluding tert-OH is 3. The van der Waals surface area contributed by atoms with Gasteiger partial charge in [0.2, 0.25) is 17.5 Å². The molecule has 0 saturated carbocycles. The van der Waals surface area contributed by atoms with Crippen molar-refractivity contribution in [2.24, 2.45) is 0 Å². The number of hydrogen-bond donors (Lipinski definition) is 7. The van der Waals surface area contributed by atoms with E-state index in [0.717, 1.165) is 18.2 Å². The Kier molecular flexibility index (Phi) is 5.11. The predicted octanol–water partition coefficient (Wildman–Crippen LogP) is 0.100. The van der Waals surface area contributed by atoms with Gasteiger partial charge in [-0.15, -0.1) is 0 Å². The van der Waals surface area contributed by atoms with Gasteiger partial charge in [0, 0.05) is 17.7 Å². The number of fused-ring (bicyclic) bond motifs is 1. The highest BCUT2D eigenvalue weighted by Gasteiger charge is 2.44. The third kappa shape index (κ3) is 3.49. The highest BCUT2D eigenvalue weighted by molar-refractivity contribution is 5.88. The molecule has 3 aromatic rings. The first-order valence-corrected chi connectivity index (χ1v) is 9.05. The molecule has 0 radical (unpaired) electrons. The second-order valence-corrected chi connectivity index (χ2v) is 6.95. The van der Waals surface area contributed by atoms with Crippen molar-refractivity contribution in [3.8, 4) is 40.1 Å². The average molecular weight is 434 g/mol. The molecule has 1 saturated heterocycles. The molecule has 11 nitrogen and oxygen atoms in total. The zero-order valence-electron chi connectivity index (χ0n) is 15.7. The fourth-order valence-electron chi connectivity index (χ4n) is 3.29. The Labute approximate surface area is 173 Å². The summed E-state index contributed by atoms with van der Waals surface area (Å²) in [6, 6.07) is 5.71. The van der Waals surface area contributed by atoms with Crippen molar-refractivity contribution in [1.29, 1.82) is 0 Å². The number of phenolic OH excluding ortho intramolecular Hbond substituents is 3. The summed E-state index contributed by atoms with van der Waals surface area (Å²) in [7, 11) is 0. The van der Waals surface area contributed by atoms with Crippen LogP contribution in [0, 0.1) is 0 Å². The summed E-state index contributed by atoms with van der Waals surface area (Å²) in [6.07, 6.45) is -5.33. The lowest BCUT2D eigenvalue weighted by molar-refractivity contribution is -0.116. The molecule has 4 rings (SSSR count). The summed E-state index contributed by atoms with van der Waals surface area (Å²) in [5.41, 5.74) is -1.09. The minimum Gasteiger partial charge on any atom is -0.507 e. The van der Waals surface area contributed by atoms with Crippen molar-refractivity contribution >= 4 is 11.0 Å². The smallest absolute Gasteiger partial charge is 0.238 e. The molecule has 31 heavy (non-hydrogen) atoms. The maximum atomic E-state index is 12.6. The van der Waals surface area contributed by atoms with Crippen LogP contribution in [0.1, 0.15) is 0 Å². The molecule has 7 N–H and O–H groups in total. The summed E-state index contributed by atoms with van der Waals surface area (Å²) in [5.74, 6) is -2.79. The molecular formula is C20H18O11. The Balaban J connectivity index is 1.78. The van der Waals surface area contributed by atoms with Crippen LogP contribution >= 0.6 is 0 Å². The van der Waals surface area contributed by atoms with E-state index in [0.29, 0.717) is 0 Å². The summed E-state index contributed by atoms with van der Waals surface area (Å²) in [4.78, 5) is 12.6. The van der Waals surface area contributed by atoms with E-state index in [1.165, 1.54) is 12.1 Å². The van der Waals surface area contributed by atoms with Crippen LogP contribution in [0.5, 0.6) is 28.7 Å². The topological polar surface area (TPSA) is 190 Å². The fourth-order valence-corrected chi connectivity index (χ4v) is 3.29. The minimum atomic E-state index is -1.49. The molecule has 0 bridgehead atoms. The van der Waals surface area contributed by atoms with Crippen LogP contribution in [-0.4, -0.2) is 67.0 Å². The zero-order valence-corrected chi connectivity index (χ0v) is 15.7. The van der Waals surface area contributed by atoms with Gasteiger partial charge in [0.25, 0.3) is 0 Å². The lowest BCUT2D eigenvalue weighted by Crippen LogP contribution is -2.35. The number of benzene rings is 2. The Morgan fingerprint density at radius 1 is 0.935 bits per heavy atom. The number of aromatic hydroxyl groups is 4. The lowest BCUT2D eigenvalue weighted by atomic mass is 10.1. The monoisotopic (exact) mass is 434 g/mol. The van der Waals surface area contributed by atoms with Gasteiger partial charge in [-0.2, -0.15) is 0 Å². The molecule has 0 spiro atoms. The minimum absolute atomic E-state index is 0.0704. The molecule has 1 aromatic heterocycles. The van der Waals surface area contributed by atoms with Gasteiger partial charge in [-0.3, -0.25) is 4.79 Å². The van der Waals surface area contributed by atoms with Crippen LogP contribution in [0.15, 0.2) is 39.5 Å². The van der Waals surface area contributed by atoms with Crippen molar-refractivity contribution < 1.29 is 49.6 Å². The second kappa shape index (κ2) is 7.63. The van der Waals surface area contributed by atoms with Crippen molar-refractivity contribution in [3.63, 3.8) is 0 Å². The van der Waals surface area contributed by atoms with Crippen molar-refractivity contribution in [1.82, 2.24) is 0 Å². The van der Waals surface area contributed by atoms with E-state index in [9.17, 15) is 35.4 Å². The summed E-state index contributed by atoms with van der Waals surface area (Å²) < 4.78 is 16.2. The van der Waals surface area contributed by atoms with Gasteiger partial charge in [0.1, 0.15) is 40.8 Å². The van der Waals surface area contributed by atoms with Gasteiger partial charge in [0.05, 0.1) is 6.61 Å². The first-order chi connectivity index (χ1) is 14.7. The number of ether oxygens (including phenoxy) is 2. The van der Waals surface area contributed by atoms with Gasteiger partial charge < -0.3 is 49.6 Å². The molecule has 0 amide bonds. The molecule has 11 heteroatoms. The predicted molar refractivity (Wildman–Crippen MR) is 103 cm³/mol. The van der Waals surface area contributed by atoms with E-state index in [-0.39, 0.29) is 28.0 Å². The van der Waals surface area contributed by atoms with E-state index in [1.807, 2.05) is 0 Å². The first kappa shape index (κ1) is 20.8. The highest BCUT2D eigenvalue weighted by atomic mass is 16.7. The average Bonchev–Trinajstić information content (AvgIpc) is 3.00. The normalized spacial score (nSPS) is 23.3. The van der Waals surface area contributed by atoms with Crippen molar-refractivity contribution in [3.05, 3.63) is 40.6 Å². The van der Waals surface area contributed by atoms with Gasteiger partial charge in [-0.25, -0.2) is 0 Å². The van der Waals surface area contributed by atoms with Crippen molar-refractivity contribution in [2.75, 3.05) is 6.61 Å². The third-order valence-corrected chi connectivity index (χ3v) is 4.91. The van der Waals surface area contributed by atoms with Crippen molar-refractivity contribution in [2.45, 2.75) is 24.6 Å². The number of phenols is 3. The SMILES string of the molecule is O=c1c(O)c(-c2ccc(O)c(O)c2)oc2cc(OC3OC(CO)C(O)C3O)cc(O)c12. The first-order valence-electron chi connectivity index (χ1n) is 9.05. The van der Waals surface area contributed by atoms with Crippen LogP contribution in [-0.2, 0) is 4.74 Å². The van der Waals surface area contributed by atoms with Crippen LogP contribution in [0.25, 0.3) is 22.3 Å². The van der Waals surface area contributed by atoms with Gasteiger partial charge in [0.15, 0.2) is 17.3 Å². The van der Waals surface area contributed by atoms with Crippen LogP contribution in [0.3, 0.4) is 0 Å². The maximum absolute atomic E-state index is 12.6. The molecule has 2 aromatic carbocycles. The molecular weight excluding hydrogens is 416 g/mol. The van der Waals surface area contributed by atoms with E-state index >= 15 is 0 Å². The summed E-state index contributed by atoms with van der Waals surface area (Å²) >= 11 is 0. The number of rotatable bonds is 4. The summed E-state index contributed by atoms with van der Waals surface area (Å²) in [6.45, 7) is -0.557. The fraction of sp³-hybridized carbons (Fsp3) is 0.250. The van der Waals surface area contributed by atoms with Crippen LogP contribution < -0.4 is 10.2 Å². The molecule has 1 aliphatic heterocycles.